The number of benzene rings is 1. The van der Waals surface area contributed by atoms with Gasteiger partial charge in [-0.05, 0) is 12.0 Å². The summed E-state index contributed by atoms with van der Waals surface area (Å²) in [5.74, 6) is 1.81. The monoisotopic (exact) mass is 246 g/mol. The molecule has 0 spiro atoms. The summed E-state index contributed by atoms with van der Waals surface area (Å²) in [6.45, 7) is 0. The van der Waals surface area contributed by atoms with Crippen LogP contribution >= 0.6 is 0 Å². The minimum absolute atomic E-state index is 0.353. The van der Waals surface area contributed by atoms with E-state index in [9.17, 15) is 4.79 Å². The first-order chi connectivity index (χ1) is 8.79. The molecular formula is C16H22O2. The number of Topliss-reactive ketones (excluding diaryl/α,β-unsaturated/α-hetero) is 1. The standard InChI is InChI=1S/C16H22O2/c1-18-16-10-6-5-9-14(16)12-15(17)11-13-7-3-2-4-8-13/h5-6,9-10,13H,2-4,7-8,11-12H2,1H3. The van der Waals surface area contributed by atoms with E-state index in [1.807, 2.05) is 24.3 Å². The number of methoxy groups -OCH3 is 1. The molecule has 2 rings (SSSR count). The van der Waals surface area contributed by atoms with E-state index in [1.54, 1.807) is 7.11 Å². The zero-order valence-electron chi connectivity index (χ0n) is 11.2. The van der Waals surface area contributed by atoms with Crippen molar-refractivity contribution >= 4 is 5.78 Å². The maximum Gasteiger partial charge on any atom is 0.137 e. The summed E-state index contributed by atoms with van der Waals surface area (Å²) in [4.78, 5) is 12.1. The Balaban J connectivity index is 1.90. The maximum absolute atomic E-state index is 12.1. The van der Waals surface area contributed by atoms with Crippen molar-refractivity contribution in [3.8, 4) is 5.75 Å². The van der Waals surface area contributed by atoms with Crippen LogP contribution in [0.4, 0.5) is 0 Å². The van der Waals surface area contributed by atoms with Crippen LogP contribution in [0, 0.1) is 5.92 Å². The Hall–Kier alpha value is -1.31. The van der Waals surface area contributed by atoms with Gasteiger partial charge in [0, 0.05) is 18.4 Å². The fourth-order valence-electron chi connectivity index (χ4n) is 2.85. The highest BCUT2D eigenvalue weighted by Gasteiger charge is 2.17. The minimum Gasteiger partial charge on any atom is -0.496 e. The third-order valence-electron chi connectivity index (χ3n) is 3.82. The number of hydrogen-bond acceptors (Lipinski definition) is 2. The zero-order valence-corrected chi connectivity index (χ0v) is 11.2. The number of rotatable bonds is 5. The van der Waals surface area contributed by atoms with Crippen molar-refractivity contribution < 1.29 is 9.53 Å². The zero-order chi connectivity index (χ0) is 12.8. The predicted molar refractivity (Wildman–Crippen MR) is 72.9 cm³/mol. The molecule has 0 unspecified atom stereocenters. The second-order valence-corrected chi connectivity index (χ2v) is 5.24. The van der Waals surface area contributed by atoms with Gasteiger partial charge in [-0.25, -0.2) is 0 Å². The van der Waals surface area contributed by atoms with Crippen LogP contribution in [0.3, 0.4) is 0 Å². The van der Waals surface area contributed by atoms with E-state index in [0.29, 0.717) is 18.1 Å². The van der Waals surface area contributed by atoms with Crippen LogP contribution in [-0.4, -0.2) is 12.9 Å². The molecule has 1 saturated carbocycles. The normalized spacial score (nSPS) is 16.5. The SMILES string of the molecule is COc1ccccc1CC(=O)CC1CCCCC1. The fraction of sp³-hybridized carbons (Fsp3) is 0.562. The predicted octanol–water partition coefficient (Wildman–Crippen LogP) is 3.78. The molecule has 1 fully saturated rings. The van der Waals surface area contributed by atoms with E-state index in [0.717, 1.165) is 17.7 Å². The van der Waals surface area contributed by atoms with Crippen molar-refractivity contribution in [1.29, 1.82) is 0 Å². The highest BCUT2D eigenvalue weighted by atomic mass is 16.5. The van der Waals surface area contributed by atoms with E-state index in [1.165, 1.54) is 32.1 Å². The summed E-state index contributed by atoms with van der Waals surface area (Å²) in [7, 11) is 1.66. The average Bonchev–Trinajstić information content (AvgIpc) is 2.40. The molecule has 0 radical (unpaired) electrons. The molecule has 1 aliphatic carbocycles. The Kier molecular flexibility index (Phi) is 4.80. The lowest BCUT2D eigenvalue weighted by Crippen LogP contribution is -2.14. The van der Waals surface area contributed by atoms with Crippen LogP contribution in [-0.2, 0) is 11.2 Å². The lowest BCUT2D eigenvalue weighted by molar-refractivity contribution is -0.119. The summed E-state index contributed by atoms with van der Waals surface area (Å²) in [5, 5.41) is 0. The van der Waals surface area contributed by atoms with Crippen molar-refractivity contribution in [2.24, 2.45) is 5.92 Å². The molecule has 0 amide bonds. The summed E-state index contributed by atoms with van der Waals surface area (Å²) in [5.41, 5.74) is 1.01. The Morgan fingerprint density at radius 3 is 2.67 bits per heavy atom. The Bertz CT molecular complexity index is 392. The van der Waals surface area contributed by atoms with Crippen LogP contribution in [0.2, 0.25) is 0 Å². The first-order valence-electron chi connectivity index (χ1n) is 6.93. The van der Waals surface area contributed by atoms with E-state index in [2.05, 4.69) is 0 Å². The van der Waals surface area contributed by atoms with Crippen molar-refractivity contribution in [2.45, 2.75) is 44.9 Å². The van der Waals surface area contributed by atoms with Gasteiger partial charge >= 0.3 is 0 Å². The van der Waals surface area contributed by atoms with Gasteiger partial charge in [0.25, 0.3) is 0 Å². The van der Waals surface area contributed by atoms with Gasteiger partial charge in [0.05, 0.1) is 7.11 Å². The molecule has 1 aromatic carbocycles. The van der Waals surface area contributed by atoms with E-state index >= 15 is 0 Å². The summed E-state index contributed by atoms with van der Waals surface area (Å²) < 4.78 is 5.28. The molecule has 0 atom stereocenters. The van der Waals surface area contributed by atoms with Crippen LogP contribution in [0.1, 0.15) is 44.1 Å². The van der Waals surface area contributed by atoms with E-state index in [4.69, 9.17) is 4.74 Å². The number of hydrogen-bond donors (Lipinski definition) is 0. The molecule has 0 heterocycles. The van der Waals surface area contributed by atoms with Crippen LogP contribution in [0.5, 0.6) is 5.75 Å². The van der Waals surface area contributed by atoms with Gasteiger partial charge in [-0.3, -0.25) is 4.79 Å². The van der Waals surface area contributed by atoms with Crippen LogP contribution < -0.4 is 4.74 Å². The molecule has 98 valence electrons. The molecular weight excluding hydrogens is 224 g/mol. The van der Waals surface area contributed by atoms with Crippen molar-refractivity contribution in [2.75, 3.05) is 7.11 Å². The van der Waals surface area contributed by atoms with Gasteiger partial charge in [-0.2, -0.15) is 0 Å². The molecule has 0 saturated heterocycles. The van der Waals surface area contributed by atoms with Crippen molar-refractivity contribution in [3.05, 3.63) is 29.8 Å². The first-order valence-corrected chi connectivity index (χ1v) is 6.93. The Morgan fingerprint density at radius 1 is 1.22 bits per heavy atom. The second-order valence-electron chi connectivity index (χ2n) is 5.24. The number of carbonyl (C=O) groups is 1. The molecule has 18 heavy (non-hydrogen) atoms. The highest BCUT2D eigenvalue weighted by Crippen LogP contribution is 2.27. The molecule has 0 aliphatic heterocycles. The van der Waals surface area contributed by atoms with Gasteiger partial charge in [0.15, 0.2) is 0 Å². The molecule has 0 N–H and O–H groups in total. The van der Waals surface area contributed by atoms with Gasteiger partial charge in [-0.15, -0.1) is 0 Å². The number of ketones is 1. The lowest BCUT2D eigenvalue weighted by atomic mass is 9.85. The van der Waals surface area contributed by atoms with Gasteiger partial charge < -0.3 is 4.74 Å². The third-order valence-corrected chi connectivity index (χ3v) is 3.82. The molecule has 0 bridgehead atoms. The molecule has 0 aromatic heterocycles. The third kappa shape index (κ3) is 3.59. The van der Waals surface area contributed by atoms with Crippen molar-refractivity contribution in [1.82, 2.24) is 0 Å². The number of carbonyl (C=O) groups excluding carboxylic acids is 1. The maximum atomic E-state index is 12.1. The highest BCUT2D eigenvalue weighted by molar-refractivity contribution is 5.81. The fourth-order valence-corrected chi connectivity index (χ4v) is 2.85. The van der Waals surface area contributed by atoms with Crippen LogP contribution in [0.15, 0.2) is 24.3 Å². The van der Waals surface area contributed by atoms with E-state index in [-0.39, 0.29) is 0 Å². The molecule has 1 aromatic rings. The average molecular weight is 246 g/mol. The first kappa shape index (κ1) is 13.1. The quantitative estimate of drug-likeness (QED) is 0.790. The summed E-state index contributed by atoms with van der Waals surface area (Å²) >= 11 is 0. The number of ether oxygens (including phenoxy) is 1. The Labute approximate surface area is 109 Å². The van der Waals surface area contributed by atoms with Gasteiger partial charge in [-0.1, -0.05) is 50.3 Å². The smallest absolute Gasteiger partial charge is 0.137 e. The molecule has 2 nitrogen and oxygen atoms in total. The van der Waals surface area contributed by atoms with Gasteiger partial charge in [0.1, 0.15) is 11.5 Å². The number of para-hydroxylation sites is 1. The largest absolute Gasteiger partial charge is 0.496 e. The van der Waals surface area contributed by atoms with E-state index < -0.39 is 0 Å². The van der Waals surface area contributed by atoms with Crippen molar-refractivity contribution in [3.63, 3.8) is 0 Å². The minimum atomic E-state index is 0.353. The summed E-state index contributed by atoms with van der Waals surface area (Å²) in [6, 6.07) is 7.81. The van der Waals surface area contributed by atoms with Crippen LogP contribution in [0.25, 0.3) is 0 Å². The topological polar surface area (TPSA) is 26.3 Å². The van der Waals surface area contributed by atoms with Gasteiger partial charge in [0.2, 0.25) is 0 Å². The molecule has 1 aliphatic rings. The Morgan fingerprint density at radius 2 is 1.94 bits per heavy atom. The lowest BCUT2D eigenvalue weighted by Gasteiger charge is -2.20. The molecule has 2 heteroatoms. The second kappa shape index (κ2) is 6.58. The summed E-state index contributed by atoms with van der Waals surface area (Å²) in [6.07, 6.45) is 7.67.